The summed E-state index contributed by atoms with van der Waals surface area (Å²) in [5.74, 6) is -1.75. The van der Waals surface area contributed by atoms with Gasteiger partial charge in [-0.25, -0.2) is 9.59 Å². The van der Waals surface area contributed by atoms with Crippen LogP contribution in [0.3, 0.4) is 0 Å². The third-order valence-corrected chi connectivity index (χ3v) is 4.82. The number of esters is 3. The SMILES string of the molecule is C=C1C(=O)O[C@H]2C/C(COC(C)=O)=C\C/C=C(/COC(=O)C=C(C)C)[C@H](O)C[C@@H]12. The Kier molecular flexibility index (Phi) is 7.96. The third kappa shape index (κ3) is 6.71. The lowest BCUT2D eigenvalue weighted by molar-refractivity contribution is -0.141. The van der Waals surface area contributed by atoms with E-state index in [0.29, 0.717) is 24.0 Å². The van der Waals surface area contributed by atoms with Gasteiger partial charge in [0.2, 0.25) is 0 Å². The van der Waals surface area contributed by atoms with Crippen LogP contribution < -0.4 is 0 Å². The van der Waals surface area contributed by atoms with Crippen molar-refractivity contribution in [2.75, 3.05) is 13.2 Å². The largest absolute Gasteiger partial charge is 0.461 e. The highest BCUT2D eigenvalue weighted by molar-refractivity contribution is 5.90. The molecule has 1 fully saturated rings. The van der Waals surface area contributed by atoms with Gasteiger partial charge in [0.05, 0.1) is 6.10 Å². The molecular weight excluding hydrogens is 376 g/mol. The number of hydrogen-bond donors (Lipinski definition) is 1. The van der Waals surface area contributed by atoms with E-state index in [0.717, 1.165) is 11.1 Å². The van der Waals surface area contributed by atoms with E-state index < -0.39 is 30.1 Å². The Morgan fingerprint density at radius 1 is 1.24 bits per heavy atom. The van der Waals surface area contributed by atoms with Gasteiger partial charge in [0.1, 0.15) is 19.3 Å². The first-order valence-electron chi connectivity index (χ1n) is 9.57. The normalized spacial score (nSPS) is 28.1. The van der Waals surface area contributed by atoms with Crippen LogP contribution in [0.2, 0.25) is 0 Å². The fraction of sp³-hybridized carbons (Fsp3) is 0.500. The van der Waals surface area contributed by atoms with E-state index in [9.17, 15) is 19.5 Å². The first-order valence-corrected chi connectivity index (χ1v) is 9.57. The Hall–Kier alpha value is -2.67. The van der Waals surface area contributed by atoms with Crippen LogP contribution in [0.25, 0.3) is 0 Å². The Labute approximate surface area is 170 Å². The first-order chi connectivity index (χ1) is 13.7. The van der Waals surface area contributed by atoms with Crippen molar-refractivity contribution in [1.29, 1.82) is 0 Å². The number of carbonyl (C=O) groups excluding carboxylic acids is 3. The maximum absolute atomic E-state index is 12.0. The van der Waals surface area contributed by atoms with E-state index in [4.69, 9.17) is 14.2 Å². The number of aliphatic hydroxyl groups is 1. The molecule has 0 saturated carbocycles. The van der Waals surface area contributed by atoms with Crippen LogP contribution in [0, 0.1) is 5.92 Å². The lowest BCUT2D eigenvalue weighted by Crippen LogP contribution is -2.27. The number of aliphatic hydroxyl groups excluding tert-OH is 1. The molecule has 7 heteroatoms. The minimum Gasteiger partial charge on any atom is -0.461 e. The molecule has 0 aromatic heterocycles. The van der Waals surface area contributed by atoms with Crippen molar-refractivity contribution in [1.82, 2.24) is 0 Å². The topological polar surface area (TPSA) is 99.1 Å². The summed E-state index contributed by atoms with van der Waals surface area (Å²) in [6, 6.07) is 0. The Morgan fingerprint density at radius 3 is 2.62 bits per heavy atom. The fourth-order valence-electron chi connectivity index (χ4n) is 3.29. The van der Waals surface area contributed by atoms with E-state index in [1.54, 1.807) is 19.9 Å². The minimum atomic E-state index is -0.906. The Balaban J connectivity index is 2.23. The predicted molar refractivity (Wildman–Crippen MR) is 106 cm³/mol. The zero-order chi connectivity index (χ0) is 21.6. The van der Waals surface area contributed by atoms with Gasteiger partial charge in [-0.3, -0.25) is 4.79 Å². The smallest absolute Gasteiger partial charge is 0.334 e. The number of rotatable bonds is 5. The summed E-state index contributed by atoms with van der Waals surface area (Å²) in [4.78, 5) is 35.0. The molecule has 0 aromatic carbocycles. The number of hydrogen-bond acceptors (Lipinski definition) is 7. The zero-order valence-electron chi connectivity index (χ0n) is 17.1. The molecule has 7 nitrogen and oxygen atoms in total. The molecule has 0 amide bonds. The standard InChI is InChI=1S/C22H28O7/c1-13(2)8-21(25)28-12-17-7-5-6-16(11-27-15(4)23)9-20-18(10-19(17)24)14(3)22(26)29-20/h6-8,18-20,24H,3,5,9-12H2,1-2,4H3/b16-6+,17-7-/t18-,19+,20-/m0/s1. The summed E-state index contributed by atoms with van der Waals surface area (Å²) in [6.07, 6.45) is 4.72. The molecule has 1 aliphatic carbocycles. The van der Waals surface area contributed by atoms with Crippen molar-refractivity contribution in [2.45, 2.75) is 52.2 Å². The number of carbonyl (C=O) groups is 3. The van der Waals surface area contributed by atoms with Crippen molar-refractivity contribution in [3.05, 3.63) is 47.1 Å². The van der Waals surface area contributed by atoms with Gasteiger partial charge in [-0.05, 0) is 37.8 Å². The molecule has 3 atom stereocenters. The third-order valence-electron chi connectivity index (χ3n) is 4.82. The van der Waals surface area contributed by atoms with E-state index in [-0.39, 0.29) is 25.6 Å². The zero-order valence-corrected chi connectivity index (χ0v) is 17.1. The van der Waals surface area contributed by atoms with E-state index in [1.165, 1.54) is 13.0 Å². The molecule has 0 spiro atoms. The van der Waals surface area contributed by atoms with Crippen LogP contribution in [0.1, 0.15) is 40.0 Å². The van der Waals surface area contributed by atoms with E-state index >= 15 is 0 Å². The van der Waals surface area contributed by atoms with Crippen LogP contribution in [0.15, 0.2) is 47.1 Å². The molecule has 2 aliphatic rings. The van der Waals surface area contributed by atoms with Crippen molar-refractivity contribution in [3.8, 4) is 0 Å². The Morgan fingerprint density at radius 2 is 1.97 bits per heavy atom. The van der Waals surface area contributed by atoms with Crippen molar-refractivity contribution in [2.24, 2.45) is 5.92 Å². The van der Waals surface area contributed by atoms with Crippen LogP contribution >= 0.6 is 0 Å². The maximum atomic E-state index is 12.0. The average molecular weight is 404 g/mol. The van der Waals surface area contributed by atoms with Crippen LogP contribution in [-0.2, 0) is 28.6 Å². The summed E-state index contributed by atoms with van der Waals surface area (Å²) in [7, 11) is 0. The predicted octanol–water partition coefficient (Wildman–Crippen LogP) is 2.55. The molecule has 1 saturated heterocycles. The lowest BCUT2D eigenvalue weighted by Gasteiger charge is -2.24. The number of fused-ring (bicyclic) bond motifs is 1. The monoisotopic (exact) mass is 404 g/mol. The van der Waals surface area contributed by atoms with Gasteiger partial charge in [0.25, 0.3) is 0 Å². The summed E-state index contributed by atoms with van der Waals surface area (Å²) in [6.45, 7) is 8.76. The van der Waals surface area contributed by atoms with Gasteiger partial charge in [0.15, 0.2) is 0 Å². The van der Waals surface area contributed by atoms with Crippen LogP contribution in [0.5, 0.6) is 0 Å². The van der Waals surface area contributed by atoms with E-state index in [1.807, 2.05) is 6.08 Å². The van der Waals surface area contributed by atoms with E-state index in [2.05, 4.69) is 6.58 Å². The van der Waals surface area contributed by atoms with Gasteiger partial charge in [-0.1, -0.05) is 24.3 Å². The lowest BCUT2D eigenvalue weighted by atomic mass is 9.85. The molecule has 29 heavy (non-hydrogen) atoms. The molecule has 1 aliphatic heterocycles. The summed E-state index contributed by atoms with van der Waals surface area (Å²) in [5, 5.41) is 10.7. The minimum absolute atomic E-state index is 0.0600. The van der Waals surface area contributed by atoms with Crippen molar-refractivity contribution in [3.63, 3.8) is 0 Å². The summed E-state index contributed by atoms with van der Waals surface area (Å²) >= 11 is 0. The van der Waals surface area contributed by atoms with Crippen LogP contribution in [0.4, 0.5) is 0 Å². The number of ether oxygens (including phenoxy) is 3. The second-order valence-corrected chi connectivity index (χ2v) is 7.52. The first kappa shape index (κ1) is 22.6. The number of allylic oxidation sites excluding steroid dienone is 3. The molecule has 0 bridgehead atoms. The molecule has 1 N–H and O–H groups in total. The fourth-order valence-corrected chi connectivity index (χ4v) is 3.29. The van der Waals surface area contributed by atoms with Crippen molar-refractivity contribution < 1.29 is 33.7 Å². The highest BCUT2D eigenvalue weighted by atomic mass is 16.6. The summed E-state index contributed by atoms with van der Waals surface area (Å²) < 4.78 is 15.8. The molecule has 158 valence electrons. The van der Waals surface area contributed by atoms with Gasteiger partial charge >= 0.3 is 17.9 Å². The highest BCUT2D eigenvalue weighted by Gasteiger charge is 2.40. The highest BCUT2D eigenvalue weighted by Crippen LogP contribution is 2.36. The molecule has 0 unspecified atom stereocenters. The van der Waals surface area contributed by atoms with Gasteiger partial charge in [0, 0.05) is 30.9 Å². The molecule has 0 radical (unpaired) electrons. The Bertz CT molecular complexity index is 768. The quantitative estimate of drug-likeness (QED) is 0.325. The van der Waals surface area contributed by atoms with Crippen molar-refractivity contribution >= 4 is 17.9 Å². The molecule has 0 aromatic rings. The molecule has 2 rings (SSSR count). The van der Waals surface area contributed by atoms with Gasteiger partial charge < -0.3 is 19.3 Å². The van der Waals surface area contributed by atoms with Gasteiger partial charge in [-0.15, -0.1) is 0 Å². The average Bonchev–Trinajstić information content (AvgIpc) is 2.88. The second-order valence-electron chi connectivity index (χ2n) is 7.52. The second kappa shape index (κ2) is 10.2. The van der Waals surface area contributed by atoms with Crippen LogP contribution in [-0.4, -0.2) is 48.4 Å². The summed E-state index contributed by atoms with van der Waals surface area (Å²) in [5.41, 5.74) is 2.47. The van der Waals surface area contributed by atoms with Gasteiger partial charge in [-0.2, -0.15) is 0 Å². The maximum Gasteiger partial charge on any atom is 0.334 e. The molecule has 1 heterocycles. The molecular formula is C22H28O7.